The highest BCUT2D eigenvalue weighted by Crippen LogP contribution is 2.32. The van der Waals surface area contributed by atoms with E-state index in [1.807, 2.05) is 32.0 Å². The van der Waals surface area contributed by atoms with Gasteiger partial charge in [0.15, 0.2) is 4.34 Å². The number of nitrogens with one attached hydrogen (secondary N) is 1. The smallest absolute Gasteiger partial charge is 0.241 e. The summed E-state index contributed by atoms with van der Waals surface area (Å²) >= 11 is 3.13. The van der Waals surface area contributed by atoms with Crippen LogP contribution in [0.2, 0.25) is 0 Å². The van der Waals surface area contributed by atoms with E-state index >= 15 is 0 Å². The first-order chi connectivity index (χ1) is 9.45. The quantitative estimate of drug-likeness (QED) is 0.891. The number of amides is 1. The molecule has 0 aliphatic heterocycles. The van der Waals surface area contributed by atoms with Crippen molar-refractivity contribution in [3.8, 4) is 0 Å². The van der Waals surface area contributed by atoms with Crippen molar-refractivity contribution in [3.05, 3.63) is 28.8 Å². The molecule has 0 bridgehead atoms. The number of aromatic nitrogens is 2. The second-order valence-corrected chi connectivity index (χ2v) is 6.95. The van der Waals surface area contributed by atoms with Gasteiger partial charge >= 0.3 is 0 Å². The number of hydrogen-bond acceptors (Lipinski definition) is 6. The van der Waals surface area contributed by atoms with Gasteiger partial charge in [0, 0.05) is 10.6 Å². The Labute approximate surface area is 138 Å². The molecular weight excluding hydrogens is 328 g/mol. The van der Waals surface area contributed by atoms with Gasteiger partial charge in [-0.05, 0) is 44.5 Å². The Morgan fingerprint density at radius 1 is 1.38 bits per heavy atom. The predicted molar refractivity (Wildman–Crippen MR) is 89.5 cm³/mol. The van der Waals surface area contributed by atoms with Crippen LogP contribution in [-0.2, 0) is 4.79 Å². The molecule has 0 saturated carbocycles. The van der Waals surface area contributed by atoms with Gasteiger partial charge in [0.25, 0.3) is 0 Å². The van der Waals surface area contributed by atoms with E-state index < -0.39 is 6.04 Å². The fraction of sp³-hybridized carbons (Fsp3) is 0.308. The standard InChI is InChI=1S/C13H16N4OS2.ClH/c1-7-6-10(20-13-17-16-9(3)19-13)4-5-11(7)15-12(18)8(2)14;/h4-6,8H,14H2,1-3H3,(H,15,18);1H/t8-;/m0./s1. The number of anilines is 1. The lowest BCUT2D eigenvalue weighted by Crippen LogP contribution is -2.32. The maximum Gasteiger partial charge on any atom is 0.241 e. The summed E-state index contributed by atoms with van der Waals surface area (Å²) in [6.07, 6.45) is 0. The summed E-state index contributed by atoms with van der Waals surface area (Å²) < 4.78 is 0.911. The van der Waals surface area contributed by atoms with Gasteiger partial charge in [-0.15, -0.1) is 22.6 Å². The van der Waals surface area contributed by atoms with Crippen molar-refractivity contribution in [3.63, 3.8) is 0 Å². The molecule has 1 heterocycles. The van der Waals surface area contributed by atoms with Crippen LogP contribution in [0.5, 0.6) is 0 Å². The summed E-state index contributed by atoms with van der Waals surface area (Å²) in [5.74, 6) is -0.187. The van der Waals surface area contributed by atoms with E-state index in [9.17, 15) is 4.79 Å². The summed E-state index contributed by atoms with van der Waals surface area (Å²) in [4.78, 5) is 12.7. The summed E-state index contributed by atoms with van der Waals surface area (Å²) in [6, 6.07) is 5.32. The minimum atomic E-state index is -0.521. The summed E-state index contributed by atoms with van der Waals surface area (Å²) in [5.41, 5.74) is 7.31. The largest absolute Gasteiger partial charge is 0.325 e. The molecular formula is C13H17ClN4OS2. The van der Waals surface area contributed by atoms with Gasteiger partial charge in [-0.1, -0.05) is 23.1 Å². The van der Waals surface area contributed by atoms with E-state index in [4.69, 9.17) is 5.73 Å². The topological polar surface area (TPSA) is 80.9 Å². The maximum absolute atomic E-state index is 11.6. The summed E-state index contributed by atoms with van der Waals surface area (Å²) in [6.45, 7) is 5.54. The molecule has 114 valence electrons. The molecule has 0 radical (unpaired) electrons. The van der Waals surface area contributed by atoms with Crippen molar-refractivity contribution >= 4 is 47.1 Å². The van der Waals surface area contributed by atoms with E-state index in [1.165, 1.54) is 0 Å². The van der Waals surface area contributed by atoms with Gasteiger partial charge in [-0.25, -0.2) is 0 Å². The molecule has 21 heavy (non-hydrogen) atoms. The van der Waals surface area contributed by atoms with Crippen molar-refractivity contribution in [1.82, 2.24) is 10.2 Å². The van der Waals surface area contributed by atoms with Crippen LogP contribution in [0, 0.1) is 13.8 Å². The van der Waals surface area contributed by atoms with Crippen LogP contribution in [0.3, 0.4) is 0 Å². The number of rotatable bonds is 4. The van der Waals surface area contributed by atoms with Crippen LogP contribution in [-0.4, -0.2) is 22.1 Å². The Bertz CT molecular complexity index is 630. The van der Waals surface area contributed by atoms with Gasteiger partial charge < -0.3 is 11.1 Å². The van der Waals surface area contributed by atoms with Crippen molar-refractivity contribution < 1.29 is 4.79 Å². The SMILES string of the molecule is Cc1nnc(Sc2ccc(NC(=O)[C@H](C)N)c(C)c2)s1.Cl. The molecule has 0 fully saturated rings. The first-order valence-electron chi connectivity index (χ1n) is 6.11. The van der Waals surface area contributed by atoms with E-state index in [0.717, 1.165) is 25.5 Å². The van der Waals surface area contributed by atoms with Crippen molar-refractivity contribution in [2.24, 2.45) is 5.73 Å². The second kappa shape index (κ2) is 7.74. The fourth-order valence-electron chi connectivity index (χ4n) is 1.51. The number of halogens is 1. The minimum absolute atomic E-state index is 0. The van der Waals surface area contributed by atoms with E-state index in [0.29, 0.717) is 0 Å². The van der Waals surface area contributed by atoms with Crippen molar-refractivity contribution in [2.45, 2.75) is 36.0 Å². The third kappa shape index (κ3) is 4.96. The summed E-state index contributed by atoms with van der Waals surface area (Å²) in [7, 11) is 0. The van der Waals surface area contributed by atoms with Crippen molar-refractivity contribution in [2.75, 3.05) is 5.32 Å². The Balaban J connectivity index is 0.00000220. The van der Waals surface area contributed by atoms with E-state index in [-0.39, 0.29) is 18.3 Å². The lowest BCUT2D eigenvalue weighted by atomic mass is 10.2. The van der Waals surface area contributed by atoms with Crippen LogP contribution < -0.4 is 11.1 Å². The molecule has 2 rings (SSSR count). The zero-order valence-corrected chi connectivity index (χ0v) is 14.4. The molecule has 2 aromatic rings. The van der Waals surface area contributed by atoms with Crippen molar-refractivity contribution in [1.29, 1.82) is 0 Å². The zero-order chi connectivity index (χ0) is 14.7. The van der Waals surface area contributed by atoms with Crippen LogP contribution in [0.4, 0.5) is 5.69 Å². The number of nitrogens with zero attached hydrogens (tertiary/aromatic N) is 2. The molecule has 1 amide bonds. The lowest BCUT2D eigenvalue weighted by Gasteiger charge is -2.11. The zero-order valence-electron chi connectivity index (χ0n) is 11.9. The molecule has 0 spiro atoms. The monoisotopic (exact) mass is 344 g/mol. The van der Waals surface area contributed by atoms with Crippen LogP contribution in [0.25, 0.3) is 0 Å². The third-order valence-corrected chi connectivity index (χ3v) is 4.46. The first-order valence-corrected chi connectivity index (χ1v) is 7.74. The van der Waals surface area contributed by atoms with Gasteiger partial charge in [-0.2, -0.15) is 0 Å². The second-order valence-electron chi connectivity index (χ2n) is 4.44. The molecule has 0 aliphatic carbocycles. The molecule has 0 unspecified atom stereocenters. The molecule has 5 nitrogen and oxygen atoms in total. The van der Waals surface area contributed by atoms with E-state index in [1.54, 1.807) is 30.0 Å². The lowest BCUT2D eigenvalue weighted by molar-refractivity contribution is -0.117. The average Bonchev–Trinajstić information content (AvgIpc) is 2.78. The Kier molecular flexibility index (Phi) is 6.60. The van der Waals surface area contributed by atoms with Gasteiger partial charge in [0.1, 0.15) is 5.01 Å². The third-order valence-electron chi connectivity index (χ3n) is 2.58. The molecule has 1 atom stereocenters. The highest BCUT2D eigenvalue weighted by atomic mass is 35.5. The fourth-order valence-corrected chi connectivity index (χ4v) is 3.40. The number of hydrogen-bond donors (Lipinski definition) is 2. The number of carbonyl (C=O) groups is 1. The average molecular weight is 345 g/mol. The maximum atomic E-state index is 11.6. The number of benzene rings is 1. The van der Waals surface area contributed by atoms with Crippen LogP contribution in [0.15, 0.2) is 27.4 Å². The van der Waals surface area contributed by atoms with Gasteiger partial charge in [0.2, 0.25) is 5.91 Å². The highest BCUT2D eigenvalue weighted by molar-refractivity contribution is 8.01. The molecule has 0 saturated heterocycles. The van der Waals surface area contributed by atoms with Crippen LogP contribution in [0.1, 0.15) is 17.5 Å². The van der Waals surface area contributed by atoms with Gasteiger partial charge in [-0.3, -0.25) is 4.79 Å². The Morgan fingerprint density at radius 2 is 2.10 bits per heavy atom. The predicted octanol–water partition coefficient (Wildman–Crippen LogP) is 3.01. The van der Waals surface area contributed by atoms with Gasteiger partial charge in [0.05, 0.1) is 6.04 Å². The number of carbonyl (C=O) groups excluding carboxylic acids is 1. The minimum Gasteiger partial charge on any atom is -0.325 e. The summed E-state index contributed by atoms with van der Waals surface area (Å²) in [5, 5.41) is 11.8. The molecule has 1 aromatic heterocycles. The molecule has 1 aromatic carbocycles. The normalized spacial score (nSPS) is 11.6. The highest BCUT2D eigenvalue weighted by Gasteiger charge is 2.10. The van der Waals surface area contributed by atoms with Crippen LogP contribution >= 0.6 is 35.5 Å². The van der Waals surface area contributed by atoms with E-state index in [2.05, 4.69) is 15.5 Å². The molecule has 8 heteroatoms. The number of nitrogens with two attached hydrogens (primary N) is 1. The molecule has 0 aliphatic rings. The number of aryl methyl sites for hydroxylation is 2. The Morgan fingerprint density at radius 3 is 2.62 bits per heavy atom. The molecule has 3 N–H and O–H groups in total. The Hall–Kier alpha value is -1.15. The first kappa shape index (κ1) is 17.9.